The summed E-state index contributed by atoms with van der Waals surface area (Å²) in [5.41, 5.74) is 3.54. The average molecular weight is 1070 g/mol. The van der Waals surface area contributed by atoms with Crippen LogP contribution in [0.2, 0.25) is 0 Å². The number of imidazole rings is 4. The number of aromatic nitrogens is 12. The molecular weight excluding hydrogens is 1000 g/mol. The molecule has 10 rings (SSSR count). The second kappa shape index (κ2) is 23.1. The number of aryl methyl sites for hydroxylation is 2. The summed E-state index contributed by atoms with van der Waals surface area (Å²) in [6.07, 6.45) is 11.1. The molecular formula is C48H68N20O9. The van der Waals surface area contributed by atoms with Crippen molar-refractivity contribution in [3.63, 3.8) is 0 Å². The molecule has 4 fully saturated rings. The SMILES string of the molecule is Cn1cnc(CCNc2nc(NC3CCN(C(=O)N[C@H]4CC[C@H](Nc5nc(NCCc6cn(C)cn6)nc6c5ncn6[C@@H]5C[C@H](NC(=O)CO)[C@@H](O)[C@H]5O)CC4)CC3)c3ncn([C@@H]4C[C@H](NC(=O)CO)[C@@H](O)[C@H]4O)c3n2)c1. The molecule has 8 atom stereocenters. The minimum absolute atomic E-state index is 0.00547. The van der Waals surface area contributed by atoms with Crippen LogP contribution in [-0.4, -0.2) is 206 Å². The summed E-state index contributed by atoms with van der Waals surface area (Å²) in [7, 11) is 3.81. The summed E-state index contributed by atoms with van der Waals surface area (Å²) in [4.78, 5) is 77.0. The molecule has 29 heteroatoms. The van der Waals surface area contributed by atoms with Gasteiger partial charge < -0.3 is 91.0 Å². The van der Waals surface area contributed by atoms with Gasteiger partial charge >= 0.3 is 6.03 Å². The summed E-state index contributed by atoms with van der Waals surface area (Å²) < 4.78 is 7.13. The van der Waals surface area contributed by atoms with Gasteiger partial charge in [-0.3, -0.25) is 9.59 Å². The maximum atomic E-state index is 13.8. The Morgan fingerprint density at radius 3 is 1.43 bits per heavy atom. The fraction of sp³-hybridized carbons (Fsp3) is 0.604. The number of aliphatic hydroxyl groups is 6. The molecule has 0 radical (unpaired) electrons. The molecule has 3 aliphatic carbocycles. The van der Waals surface area contributed by atoms with Crippen LogP contribution in [0.25, 0.3) is 22.3 Å². The first kappa shape index (κ1) is 53.1. The fourth-order valence-corrected chi connectivity index (χ4v) is 11.1. The van der Waals surface area contributed by atoms with Crippen molar-refractivity contribution in [2.45, 2.75) is 131 Å². The van der Waals surface area contributed by atoms with Crippen LogP contribution in [-0.2, 0) is 36.5 Å². The second-order valence-corrected chi connectivity index (χ2v) is 20.6. The molecule has 4 amide bonds. The lowest BCUT2D eigenvalue weighted by atomic mass is 9.91. The summed E-state index contributed by atoms with van der Waals surface area (Å²) in [5, 5.41) is 84.7. The Morgan fingerprint density at radius 2 is 1.00 bits per heavy atom. The molecule has 29 nitrogen and oxygen atoms in total. The summed E-state index contributed by atoms with van der Waals surface area (Å²) in [6.45, 7) is 0.459. The highest BCUT2D eigenvalue weighted by Crippen LogP contribution is 2.37. The number of likely N-dealkylation sites (tertiary alicyclic amines) is 1. The number of hydrogen-bond acceptors (Lipinski definition) is 21. The fourth-order valence-electron chi connectivity index (χ4n) is 11.1. The monoisotopic (exact) mass is 1070 g/mol. The molecule has 6 aromatic heterocycles. The maximum absolute atomic E-state index is 13.8. The zero-order valence-electron chi connectivity index (χ0n) is 42.9. The van der Waals surface area contributed by atoms with Crippen LogP contribution in [0, 0.1) is 0 Å². The van der Waals surface area contributed by atoms with Gasteiger partial charge in [0.25, 0.3) is 0 Å². The molecule has 414 valence electrons. The number of fused-ring (bicyclic) bond motifs is 2. The molecule has 0 aromatic carbocycles. The standard InChI is InChI=1S/C48H68N20O9/c1-64-17-28(51-21-64)7-11-49-46-60-42(36-44(62-46)67(23-53-36)32-15-30(38(73)40(32)75)58-34(71)19-69)55-25-3-5-26(6-4-25)57-48(77)66-13-9-27(10-14-66)56-43-37-45(63-47(61-43)50-12-8-29-18-65(2)22-52-29)68(24-54-37)33-16-31(39(74)41(33)76)59-35(72)20-70/h17-18,21-27,30-33,38-41,69-70,73-76H,3-16,19-20H2,1-2H3,(H,57,77)(H,58,71)(H,59,72)(H2,49,55,60,62)(H2,50,56,61,63)/t25-,26-,30-,31-,32+,33+,38+,39+,40-,41-/m0/s1. The summed E-state index contributed by atoms with van der Waals surface area (Å²) >= 11 is 0. The normalized spacial score (nSPS) is 25.8. The van der Waals surface area contributed by atoms with Crippen LogP contribution in [0.3, 0.4) is 0 Å². The highest BCUT2D eigenvalue weighted by Gasteiger charge is 2.45. The van der Waals surface area contributed by atoms with Crippen molar-refractivity contribution in [2.24, 2.45) is 14.1 Å². The number of urea groups is 1. The van der Waals surface area contributed by atoms with Gasteiger partial charge in [0.05, 0.1) is 60.9 Å². The number of hydrogen-bond donors (Lipinski definition) is 13. The first-order valence-electron chi connectivity index (χ1n) is 26.2. The number of nitrogens with one attached hydrogen (secondary N) is 7. The minimum atomic E-state index is -1.28. The van der Waals surface area contributed by atoms with Gasteiger partial charge in [-0.25, -0.2) is 24.7 Å². The van der Waals surface area contributed by atoms with Gasteiger partial charge in [0.2, 0.25) is 23.7 Å². The van der Waals surface area contributed by atoms with Crippen LogP contribution < -0.4 is 37.2 Å². The van der Waals surface area contributed by atoms with Crippen LogP contribution >= 0.6 is 0 Å². The Balaban J connectivity index is 0.760. The molecule has 7 heterocycles. The van der Waals surface area contributed by atoms with E-state index in [1.165, 1.54) is 0 Å². The lowest BCUT2D eigenvalue weighted by Gasteiger charge is -2.35. The topological polar surface area (TPSA) is 383 Å². The lowest BCUT2D eigenvalue weighted by molar-refractivity contribution is -0.126. The number of amides is 4. The molecule has 3 saturated carbocycles. The number of anilines is 4. The number of piperidine rings is 1. The zero-order chi connectivity index (χ0) is 53.9. The summed E-state index contributed by atoms with van der Waals surface area (Å²) in [5.74, 6) is 0.293. The predicted molar refractivity (Wildman–Crippen MR) is 277 cm³/mol. The quantitative estimate of drug-likeness (QED) is 0.0419. The van der Waals surface area contributed by atoms with Gasteiger partial charge in [0, 0.05) is 83.6 Å². The number of nitrogens with zero attached hydrogens (tertiary/aromatic N) is 13. The molecule has 1 saturated heterocycles. The molecule has 0 spiro atoms. The van der Waals surface area contributed by atoms with Crippen molar-refractivity contribution in [3.8, 4) is 0 Å². The molecule has 77 heavy (non-hydrogen) atoms. The van der Waals surface area contributed by atoms with E-state index in [9.17, 15) is 45.0 Å². The van der Waals surface area contributed by atoms with Crippen molar-refractivity contribution in [2.75, 3.05) is 60.7 Å². The molecule has 0 bridgehead atoms. The Kier molecular flexibility index (Phi) is 15.9. The van der Waals surface area contributed by atoms with E-state index < -0.39 is 73.6 Å². The highest BCUT2D eigenvalue weighted by atomic mass is 16.3. The number of rotatable bonds is 19. The molecule has 6 aromatic rings. The van der Waals surface area contributed by atoms with Gasteiger partial charge in [-0.2, -0.15) is 19.9 Å². The Bertz CT molecular complexity index is 3020. The van der Waals surface area contributed by atoms with E-state index in [2.05, 4.69) is 57.2 Å². The second-order valence-electron chi connectivity index (χ2n) is 20.6. The van der Waals surface area contributed by atoms with Crippen molar-refractivity contribution < 1.29 is 45.0 Å². The van der Waals surface area contributed by atoms with Gasteiger partial charge in [-0.1, -0.05) is 0 Å². The van der Waals surface area contributed by atoms with Crippen molar-refractivity contribution in [1.29, 1.82) is 0 Å². The van der Waals surface area contributed by atoms with Crippen molar-refractivity contribution in [3.05, 3.63) is 49.1 Å². The number of carbonyl (C=O) groups is 3. The third kappa shape index (κ3) is 11.8. The molecule has 13 N–H and O–H groups in total. The van der Waals surface area contributed by atoms with E-state index in [1.807, 2.05) is 40.5 Å². The van der Waals surface area contributed by atoms with E-state index >= 15 is 0 Å². The van der Waals surface area contributed by atoms with Crippen LogP contribution in [0.5, 0.6) is 0 Å². The van der Waals surface area contributed by atoms with Gasteiger partial charge in [0.15, 0.2) is 34.0 Å². The molecule has 0 unspecified atom stereocenters. The van der Waals surface area contributed by atoms with Crippen molar-refractivity contribution in [1.82, 2.24) is 79.0 Å². The first-order chi connectivity index (χ1) is 37.2. The zero-order valence-corrected chi connectivity index (χ0v) is 42.9. The lowest BCUT2D eigenvalue weighted by Crippen LogP contribution is -2.50. The van der Waals surface area contributed by atoms with E-state index in [1.54, 1.807) is 34.4 Å². The average Bonchev–Trinajstić information content (AvgIpc) is 4.34. The molecule has 1 aliphatic heterocycles. The number of carbonyl (C=O) groups excluding carboxylic acids is 3. The smallest absolute Gasteiger partial charge is 0.317 e. The van der Waals surface area contributed by atoms with E-state index in [4.69, 9.17) is 19.9 Å². The van der Waals surface area contributed by atoms with Crippen LogP contribution in [0.4, 0.5) is 28.3 Å². The van der Waals surface area contributed by atoms with Crippen LogP contribution in [0.15, 0.2) is 37.7 Å². The minimum Gasteiger partial charge on any atom is -0.388 e. The van der Waals surface area contributed by atoms with Crippen molar-refractivity contribution >= 4 is 63.7 Å². The predicted octanol–water partition coefficient (Wildman–Crippen LogP) is -1.96. The summed E-state index contributed by atoms with van der Waals surface area (Å²) in [6, 6.07) is -3.21. The van der Waals surface area contributed by atoms with Gasteiger partial charge in [0.1, 0.15) is 37.6 Å². The number of aliphatic hydroxyl groups excluding tert-OH is 6. The van der Waals surface area contributed by atoms with Gasteiger partial charge in [-0.05, 0) is 51.4 Å². The van der Waals surface area contributed by atoms with E-state index in [0.717, 1.165) is 37.1 Å². The van der Waals surface area contributed by atoms with E-state index in [0.29, 0.717) is 97.7 Å². The van der Waals surface area contributed by atoms with Crippen LogP contribution in [0.1, 0.15) is 74.8 Å². The third-order valence-electron chi connectivity index (χ3n) is 15.2. The Morgan fingerprint density at radius 1 is 0.558 bits per heavy atom. The highest BCUT2D eigenvalue weighted by molar-refractivity contribution is 5.86. The maximum Gasteiger partial charge on any atom is 0.317 e. The largest absolute Gasteiger partial charge is 0.388 e. The Hall–Kier alpha value is -7.31. The first-order valence-corrected chi connectivity index (χ1v) is 26.2. The van der Waals surface area contributed by atoms with E-state index in [-0.39, 0.29) is 37.0 Å². The third-order valence-corrected chi connectivity index (χ3v) is 15.2. The molecule has 4 aliphatic rings. The Labute approximate surface area is 441 Å². The van der Waals surface area contributed by atoms with Gasteiger partial charge in [-0.15, -0.1) is 0 Å².